The third kappa shape index (κ3) is 2.95. The van der Waals surface area contributed by atoms with Crippen LogP contribution in [0.15, 0.2) is 36.5 Å². The molecule has 0 aliphatic rings. The zero-order valence-corrected chi connectivity index (χ0v) is 10.8. The van der Waals surface area contributed by atoms with Gasteiger partial charge in [-0.3, -0.25) is 4.98 Å². The summed E-state index contributed by atoms with van der Waals surface area (Å²) in [5.41, 5.74) is 1.87. The Hall–Kier alpha value is -1.84. The first-order chi connectivity index (χ1) is 8.91. The molecule has 0 aliphatic heterocycles. The van der Waals surface area contributed by atoms with Gasteiger partial charge in [0.15, 0.2) is 0 Å². The van der Waals surface area contributed by atoms with Crippen LogP contribution in [-0.2, 0) is 12.6 Å². The Bertz CT molecular complexity index is 588. The first kappa shape index (κ1) is 13.6. The Balaban J connectivity index is 2.55. The summed E-state index contributed by atoms with van der Waals surface area (Å²) < 4.78 is 39.0. The van der Waals surface area contributed by atoms with Crippen LogP contribution >= 0.6 is 0 Å². The van der Waals surface area contributed by atoms with Crippen molar-refractivity contribution in [2.75, 3.05) is 0 Å². The predicted octanol–water partition coefficient (Wildman–Crippen LogP) is 4.64. The number of aryl methyl sites for hydroxylation is 2. The average Bonchev–Trinajstić information content (AvgIpc) is 2.37. The molecule has 1 heterocycles. The van der Waals surface area contributed by atoms with Crippen molar-refractivity contribution in [3.63, 3.8) is 0 Å². The maximum absolute atomic E-state index is 13.0. The molecule has 0 unspecified atom stereocenters. The number of hydrogen-bond acceptors (Lipinski definition) is 1. The molecule has 0 saturated heterocycles. The smallest absolute Gasteiger partial charge is 0.262 e. The van der Waals surface area contributed by atoms with Crippen LogP contribution in [0.1, 0.15) is 23.7 Å². The van der Waals surface area contributed by atoms with E-state index in [0.29, 0.717) is 17.5 Å². The van der Waals surface area contributed by atoms with E-state index in [1.54, 1.807) is 37.4 Å². The minimum absolute atomic E-state index is 0.321. The number of alkyl halides is 3. The number of nitrogens with zero attached hydrogens (tertiary/aromatic N) is 1. The molecular weight excluding hydrogens is 251 g/mol. The molecule has 0 radical (unpaired) electrons. The van der Waals surface area contributed by atoms with E-state index in [2.05, 4.69) is 4.98 Å². The third-order valence-electron chi connectivity index (χ3n) is 3.03. The van der Waals surface area contributed by atoms with Crippen molar-refractivity contribution in [2.24, 2.45) is 0 Å². The molecule has 1 aromatic heterocycles. The van der Waals surface area contributed by atoms with Crippen LogP contribution in [0.5, 0.6) is 0 Å². The summed E-state index contributed by atoms with van der Waals surface area (Å²) >= 11 is 0. The van der Waals surface area contributed by atoms with Crippen molar-refractivity contribution in [3.05, 3.63) is 53.3 Å². The van der Waals surface area contributed by atoms with Gasteiger partial charge in [-0.1, -0.05) is 19.1 Å². The second-order valence-electron chi connectivity index (χ2n) is 4.41. The minimum atomic E-state index is -4.32. The number of rotatable bonds is 2. The SMILES string of the molecule is CCc1ccc(-c2ccnc(C)c2)cc1C(F)(F)F. The molecule has 0 saturated carbocycles. The highest BCUT2D eigenvalue weighted by atomic mass is 19.4. The van der Waals surface area contributed by atoms with E-state index in [4.69, 9.17) is 0 Å². The van der Waals surface area contributed by atoms with Gasteiger partial charge in [0.05, 0.1) is 5.56 Å². The van der Waals surface area contributed by atoms with Crippen molar-refractivity contribution >= 4 is 0 Å². The third-order valence-corrected chi connectivity index (χ3v) is 3.03. The van der Waals surface area contributed by atoms with Crippen LogP contribution in [0.25, 0.3) is 11.1 Å². The molecule has 0 atom stereocenters. The van der Waals surface area contributed by atoms with Crippen LogP contribution in [0, 0.1) is 6.92 Å². The summed E-state index contributed by atoms with van der Waals surface area (Å²) in [6.07, 6.45) is -2.35. The predicted molar refractivity (Wildman–Crippen MR) is 68.8 cm³/mol. The molecule has 0 aliphatic carbocycles. The Labute approximate surface area is 110 Å². The summed E-state index contributed by atoms with van der Waals surface area (Å²) in [5.74, 6) is 0. The molecule has 19 heavy (non-hydrogen) atoms. The Morgan fingerprint density at radius 3 is 2.32 bits per heavy atom. The summed E-state index contributed by atoms with van der Waals surface area (Å²) in [4.78, 5) is 4.05. The van der Waals surface area contributed by atoms with Gasteiger partial charge < -0.3 is 0 Å². The Morgan fingerprint density at radius 2 is 1.74 bits per heavy atom. The largest absolute Gasteiger partial charge is 0.416 e. The quantitative estimate of drug-likeness (QED) is 0.771. The van der Waals surface area contributed by atoms with Gasteiger partial charge in [-0.05, 0) is 48.2 Å². The standard InChI is InChI=1S/C15H14F3N/c1-3-11-4-5-12(9-14(11)15(16,17)18)13-6-7-19-10(2)8-13/h4-9H,3H2,1-2H3. The highest BCUT2D eigenvalue weighted by Gasteiger charge is 2.33. The fourth-order valence-electron chi connectivity index (χ4n) is 2.05. The molecule has 2 rings (SSSR count). The van der Waals surface area contributed by atoms with Crippen LogP contribution in [0.4, 0.5) is 13.2 Å². The van der Waals surface area contributed by atoms with Gasteiger partial charge in [0, 0.05) is 11.9 Å². The molecule has 0 bridgehead atoms. The van der Waals surface area contributed by atoms with E-state index in [0.717, 1.165) is 11.3 Å². The summed E-state index contributed by atoms with van der Waals surface area (Å²) in [6, 6.07) is 7.99. The maximum atomic E-state index is 13.0. The summed E-state index contributed by atoms with van der Waals surface area (Å²) in [6.45, 7) is 3.54. The van der Waals surface area contributed by atoms with E-state index in [9.17, 15) is 13.2 Å². The van der Waals surface area contributed by atoms with Crippen LogP contribution in [0.3, 0.4) is 0 Å². The monoisotopic (exact) mass is 265 g/mol. The second kappa shape index (κ2) is 5.03. The molecule has 2 aromatic rings. The van der Waals surface area contributed by atoms with Crippen molar-refractivity contribution < 1.29 is 13.2 Å². The minimum Gasteiger partial charge on any atom is -0.262 e. The first-order valence-corrected chi connectivity index (χ1v) is 6.05. The molecule has 1 nitrogen and oxygen atoms in total. The average molecular weight is 265 g/mol. The Kier molecular flexibility index (Phi) is 3.60. The summed E-state index contributed by atoms with van der Waals surface area (Å²) in [5, 5.41) is 0. The highest BCUT2D eigenvalue weighted by molar-refractivity contribution is 5.65. The van der Waals surface area contributed by atoms with Crippen molar-refractivity contribution in [1.29, 1.82) is 0 Å². The molecule has 4 heteroatoms. The maximum Gasteiger partial charge on any atom is 0.416 e. The van der Waals surface area contributed by atoms with Crippen molar-refractivity contribution in [1.82, 2.24) is 4.98 Å². The molecule has 0 fully saturated rings. The van der Waals surface area contributed by atoms with Crippen molar-refractivity contribution in [2.45, 2.75) is 26.4 Å². The van der Waals surface area contributed by atoms with E-state index < -0.39 is 11.7 Å². The lowest BCUT2D eigenvalue weighted by molar-refractivity contribution is -0.138. The fourth-order valence-corrected chi connectivity index (χ4v) is 2.05. The van der Waals surface area contributed by atoms with E-state index in [-0.39, 0.29) is 0 Å². The Morgan fingerprint density at radius 1 is 1.05 bits per heavy atom. The molecule has 100 valence electrons. The highest BCUT2D eigenvalue weighted by Crippen LogP contribution is 2.35. The van der Waals surface area contributed by atoms with E-state index >= 15 is 0 Å². The molecule has 0 N–H and O–H groups in total. The van der Waals surface area contributed by atoms with Gasteiger partial charge in [0.1, 0.15) is 0 Å². The van der Waals surface area contributed by atoms with Gasteiger partial charge in [0.2, 0.25) is 0 Å². The fraction of sp³-hybridized carbons (Fsp3) is 0.267. The number of aromatic nitrogens is 1. The van der Waals surface area contributed by atoms with Crippen LogP contribution in [0.2, 0.25) is 0 Å². The van der Waals surface area contributed by atoms with Crippen molar-refractivity contribution in [3.8, 4) is 11.1 Å². The lowest BCUT2D eigenvalue weighted by Gasteiger charge is -2.13. The lowest BCUT2D eigenvalue weighted by Crippen LogP contribution is -2.09. The molecule has 1 aromatic carbocycles. The molecule has 0 spiro atoms. The first-order valence-electron chi connectivity index (χ1n) is 6.05. The molecule has 0 amide bonds. The van der Waals surface area contributed by atoms with Gasteiger partial charge >= 0.3 is 6.18 Å². The van der Waals surface area contributed by atoms with Gasteiger partial charge in [-0.25, -0.2) is 0 Å². The van der Waals surface area contributed by atoms with Gasteiger partial charge in [0.25, 0.3) is 0 Å². The number of halogens is 3. The van der Waals surface area contributed by atoms with E-state index in [1.165, 1.54) is 6.07 Å². The number of pyridine rings is 1. The number of benzene rings is 1. The van der Waals surface area contributed by atoms with E-state index in [1.807, 2.05) is 6.92 Å². The number of hydrogen-bond donors (Lipinski definition) is 0. The van der Waals surface area contributed by atoms with Gasteiger partial charge in [-0.2, -0.15) is 13.2 Å². The zero-order valence-electron chi connectivity index (χ0n) is 10.8. The lowest BCUT2D eigenvalue weighted by atomic mass is 9.98. The van der Waals surface area contributed by atoms with Gasteiger partial charge in [-0.15, -0.1) is 0 Å². The normalized spacial score (nSPS) is 11.6. The topological polar surface area (TPSA) is 12.9 Å². The molecular formula is C15H14F3N. The van der Waals surface area contributed by atoms with Crippen LogP contribution < -0.4 is 0 Å². The second-order valence-corrected chi connectivity index (χ2v) is 4.41. The summed E-state index contributed by atoms with van der Waals surface area (Å²) in [7, 11) is 0. The zero-order chi connectivity index (χ0) is 14.0. The van der Waals surface area contributed by atoms with Crippen LogP contribution in [-0.4, -0.2) is 4.98 Å².